The van der Waals surface area contributed by atoms with Gasteiger partial charge in [-0.25, -0.2) is 0 Å². The van der Waals surface area contributed by atoms with Crippen molar-refractivity contribution < 1.29 is 0 Å². The van der Waals surface area contributed by atoms with Crippen LogP contribution in [0.5, 0.6) is 0 Å². The number of nitrogens with two attached hydrogens (primary N) is 2. The molecule has 0 radical (unpaired) electrons. The summed E-state index contributed by atoms with van der Waals surface area (Å²) in [6, 6.07) is 0.00463. The van der Waals surface area contributed by atoms with E-state index in [1.54, 1.807) is 0 Å². The zero-order chi connectivity index (χ0) is 5.86. The predicted octanol–water partition coefficient (Wildman–Crippen LogP) is 0.196. The van der Waals surface area contributed by atoms with E-state index in [0.29, 0.717) is 0 Å². The average Bonchev–Trinajstić information content (AvgIpc) is 1.65. The van der Waals surface area contributed by atoms with Crippen molar-refractivity contribution in [1.29, 1.82) is 0 Å². The molecule has 7 heavy (non-hydrogen) atoms. The Kier molecular flexibility index (Phi) is 2.45. The number of hydrogen-bond acceptors (Lipinski definition) is 2. The fraction of sp³-hybridized carbons (Fsp3) is 0.600. The Bertz CT molecular complexity index is 74.1. The second kappa shape index (κ2) is 2.64. The van der Waals surface area contributed by atoms with Crippen molar-refractivity contribution in [2.45, 2.75) is 19.9 Å². The second-order valence-corrected chi connectivity index (χ2v) is 1.58. The van der Waals surface area contributed by atoms with Crippen LogP contribution in [-0.2, 0) is 0 Å². The molecule has 0 bridgehead atoms. The van der Waals surface area contributed by atoms with Crippen LogP contribution in [0.15, 0.2) is 11.8 Å². The zero-order valence-electron chi connectivity index (χ0n) is 4.81. The maximum absolute atomic E-state index is 5.35. The Hall–Kier alpha value is -0.500. The third-order valence-corrected chi connectivity index (χ3v) is 0.859. The SMILES string of the molecule is C/C=C(/N)[C@@H](C)N. The molecule has 2 heteroatoms. The molecule has 0 aromatic carbocycles. The van der Waals surface area contributed by atoms with Crippen molar-refractivity contribution in [2.24, 2.45) is 11.5 Å². The van der Waals surface area contributed by atoms with E-state index in [4.69, 9.17) is 11.5 Å². The van der Waals surface area contributed by atoms with Crippen molar-refractivity contribution >= 4 is 0 Å². The van der Waals surface area contributed by atoms with Crippen LogP contribution in [0.3, 0.4) is 0 Å². The molecule has 0 aliphatic carbocycles. The molecule has 0 rings (SSSR count). The molecule has 4 N–H and O–H groups in total. The molecule has 0 saturated carbocycles. The predicted molar refractivity (Wildman–Crippen MR) is 31.6 cm³/mol. The molecule has 0 aliphatic heterocycles. The molecule has 0 heterocycles. The summed E-state index contributed by atoms with van der Waals surface area (Å²) >= 11 is 0. The topological polar surface area (TPSA) is 52.0 Å². The molecule has 0 aromatic rings. The smallest absolute Gasteiger partial charge is 0.0410 e. The van der Waals surface area contributed by atoms with E-state index >= 15 is 0 Å². The van der Waals surface area contributed by atoms with Gasteiger partial charge < -0.3 is 11.5 Å². The monoisotopic (exact) mass is 100 g/mol. The summed E-state index contributed by atoms with van der Waals surface area (Å²) in [6.07, 6.45) is 1.81. The second-order valence-electron chi connectivity index (χ2n) is 1.58. The van der Waals surface area contributed by atoms with E-state index in [9.17, 15) is 0 Å². The summed E-state index contributed by atoms with van der Waals surface area (Å²) in [5.41, 5.74) is 11.5. The van der Waals surface area contributed by atoms with Crippen molar-refractivity contribution in [2.75, 3.05) is 0 Å². The van der Waals surface area contributed by atoms with Crippen molar-refractivity contribution in [3.05, 3.63) is 11.8 Å². The minimum atomic E-state index is 0.00463. The van der Waals surface area contributed by atoms with Crippen molar-refractivity contribution in [1.82, 2.24) is 0 Å². The highest BCUT2D eigenvalue weighted by Gasteiger charge is 1.91. The van der Waals surface area contributed by atoms with Gasteiger partial charge in [0.2, 0.25) is 0 Å². The van der Waals surface area contributed by atoms with E-state index in [-0.39, 0.29) is 6.04 Å². The van der Waals surface area contributed by atoms with Gasteiger partial charge in [-0.2, -0.15) is 0 Å². The minimum Gasteiger partial charge on any atom is -0.401 e. The fourth-order valence-corrected chi connectivity index (χ4v) is 0.263. The zero-order valence-corrected chi connectivity index (χ0v) is 4.81. The van der Waals surface area contributed by atoms with Gasteiger partial charge in [0.25, 0.3) is 0 Å². The summed E-state index contributed by atoms with van der Waals surface area (Å²) in [5.74, 6) is 0. The molecule has 0 aliphatic rings. The molecule has 42 valence electrons. The number of rotatable bonds is 1. The molecule has 2 nitrogen and oxygen atoms in total. The molecular formula is C5H12N2. The van der Waals surface area contributed by atoms with Gasteiger partial charge in [0.05, 0.1) is 0 Å². The Labute approximate surface area is 44.2 Å². The lowest BCUT2D eigenvalue weighted by molar-refractivity contribution is 0.844. The van der Waals surface area contributed by atoms with Gasteiger partial charge in [0.15, 0.2) is 0 Å². The highest BCUT2D eigenvalue weighted by molar-refractivity contribution is 5.00. The first-order valence-electron chi connectivity index (χ1n) is 2.35. The van der Waals surface area contributed by atoms with Crippen LogP contribution in [0.25, 0.3) is 0 Å². The van der Waals surface area contributed by atoms with Gasteiger partial charge >= 0.3 is 0 Å². The van der Waals surface area contributed by atoms with Crippen molar-refractivity contribution in [3.63, 3.8) is 0 Å². The Morgan fingerprint density at radius 1 is 1.71 bits per heavy atom. The van der Waals surface area contributed by atoms with Crippen LogP contribution in [-0.4, -0.2) is 6.04 Å². The lowest BCUT2D eigenvalue weighted by Crippen LogP contribution is -2.23. The average molecular weight is 100 g/mol. The molecule has 0 spiro atoms. The molecule has 0 fully saturated rings. The van der Waals surface area contributed by atoms with E-state index in [0.717, 1.165) is 5.70 Å². The summed E-state index contributed by atoms with van der Waals surface area (Å²) in [5, 5.41) is 0. The third-order valence-electron chi connectivity index (χ3n) is 0.859. The van der Waals surface area contributed by atoms with Crippen LogP contribution < -0.4 is 11.5 Å². The highest BCUT2D eigenvalue weighted by atomic mass is 14.7. The van der Waals surface area contributed by atoms with Gasteiger partial charge in [-0.1, -0.05) is 6.08 Å². The normalized spacial score (nSPS) is 16.7. The number of hydrogen-bond donors (Lipinski definition) is 2. The van der Waals surface area contributed by atoms with E-state index < -0.39 is 0 Å². The molecular weight excluding hydrogens is 88.1 g/mol. The van der Waals surface area contributed by atoms with E-state index in [2.05, 4.69) is 0 Å². The lowest BCUT2D eigenvalue weighted by Gasteiger charge is -2.01. The maximum Gasteiger partial charge on any atom is 0.0410 e. The van der Waals surface area contributed by atoms with Crippen LogP contribution in [0, 0.1) is 0 Å². The molecule has 0 unspecified atom stereocenters. The summed E-state index contributed by atoms with van der Waals surface area (Å²) in [4.78, 5) is 0. The number of allylic oxidation sites excluding steroid dienone is 1. The third kappa shape index (κ3) is 2.23. The lowest BCUT2D eigenvalue weighted by atomic mass is 10.3. The Morgan fingerprint density at radius 2 is 2.14 bits per heavy atom. The Balaban J connectivity index is 3.56. The fourth-order valence-electron chi connectivity index (χ4n) is 0.263. The van der Waals surface area contributed by atoms with Crippen LogP contribution in [0.2, 0.25) is 0 Å². The first-order chi connectivity index (χ1) is 3.18. The molecule has 0 aromatic heterocycles. The molecule has 1 atom stereocenters. The maximum atomic E-state index is 5.35. The summed E-state index contributed by atoms with van der Waals surface area (Å²) in [6.45, 7) is 3.73. The van der Waals surface area contributed by atoms with Crippen LogP contribution in [0.1, 0.15) is 13.8 Å². The summed E-state index contributed by atoms with van der Waals surface area (Å²) in [7, 11) is 0. The van der Waals surface area contributed by atoms with E-state index in [1.165, 1.54) is 0 Å². The van der Waals surface area contributed by atoms with Crippen LogP contribution >= 0.6 is 0 Å². The Morgan fingerprint density at radius 3 is 2.14 bits per heavy atom. The minimum absolute atomic E-state index is 0.00463. The largest absolute Gasteiger partial charge is 0.401 e. The first-order valence-corrected chi connectivity index (χ1v) is 2.35. The van der Waals surface area contributed by atoms with Gasteiger partial charge in [-0.3, -0.25) is 0 Å². The van der Waals surface area contributed by atoms with Gasteiger partial charge in [-0.15, -0.1) is 0 Å². The standard InChI is InChI=1S/C5H12N2/c1-3-5(7)4(2)6/h3-4H,6-7H2,1-2H3/b5-3+/t4-/m1/s1. The summed E-state index contributed by atoms with van der Waals surface area (Å²) < 4.78 is 0. The first kappa shape index (κ1) is 6.50. The van der Waals surface area contributed by atoms with Gasteiger partial charge in [0.1, 0.15) is 0 Å². The van der Waals surface area contributed by atoms with Crippen molar-refractivity contribution in [3.8, 4) is 0 Å². The van der Waals surface area contributed by atoms with Crippen LogP contribution in [0.4, 0.5) is 0 Å². The quantitative estimate of drug-likeness (QED) is 0.494. The van der Waals surface area contributed by atoms with E-state index in [1.807, 2.05) is 19.9 Å². The highest BCUT2D eigenvalue weighted by Crippen LogP contribution is 1.85. The van der Waals surface area contributed by atoms with Gasteiger partial charge in [-0.05, 0) is 13.8 Å². The van der Waals surface area contributed by atoms with Gasteiger partial charge in [0, 0.05) is 11.7 Å². The molecule has 0 saturated heterocycles. The molecule has 0 amide bonds.